The zero-order valence-electron chi connectivity index (χ0n) is 10.9. The van der Waals surface area contributed by atoms with Gasteiger partial charge >= 0.3 is 5.97 Å². The third-order valence-corrected chi connectivity index (χ3v) is 2.25. The Morgan fingerprint density at radius 3 is 2.50 bits per heavy atom. The fraction of sp³-hybridized carbons (Fsp3) is 0.308. The molecule has 0 amide bonds. The number of carbonyl (C=O) groups excluding carboxylic acids is 1. The number of hydrogen-bond donors (Lipinski definition) is 1. The monoisotopic (exact) mass is 281 g/mol. The topological polar surface area (TPSA) is 98.9 Å². The smallest absolute Gasteiger partial charge is 0.333 e. The minimum Gasteiger partial charge on any atom is -0.491 e. The van der Waals surface area contributed by atoms with Gasteiger partial charge in [-0.2, -0.15) is 0 Å². The van der Waals surface area contributed by atoms with E-state index in [0.29, 0.717) is 5.75 Å². The minimum absolute atomic E-state index is 0.0479. The maximum absolute atomic E-state index is 11.1. The molecule has 1 atom stereocenters. The molecule has 0 aliphatic heterocycles. The summed E-state index contributed by atoms with van der Waals surface area (Å²) in [6.07, 6.45) is -0.992. The lowest BCUT2D eigenvalue weighted by molar-refractivity contribution is -0.384. The molecule has 1 unspecified atom stereocenters. The highest BCUT2D eigenvalue weighted by atomic mass is 16.6. The quantitative estimate of drug-likeness (QED) is 0.351. The summed E-state index contributed by atoms with van der Waals surface area (Å²) in [5, 5.41) is 20.0. The summed E-state index contributed by atoms with van der Waals surface area (Å²) in [6, 6.07) is 5.43. The number of aliphatic hydroxyl groups excluding tert-OH is 1. The molecule has 0 saturated heterocycles. The van der Waals surface area contributed by atoms with Gasteiger partial charge in [0.05, 0.1) is 4.92 Å². The van der Waals surface area contributed by atoms with Crippen molar-refractivity contribution >= 4 is 11.7 Å². The van der Waals surface area contributed by atoms with Gasteiger partial charge in [0.15, 0.2) is 0 Å². The molecule has 0 radical (unpaired) electrons. The first kappa shape index (κ1) is 15.6. The van der Waals surface area contributed by atoms with Gasteiger partial charge in [0.2, 0.25) is 0 Å². The Kier molecular flexibility index (Phi) is 5.67. The van der Waals surface area contributed by atoms with Crippen molar-refractivity contribution in [2.24, 2.45) is 0 Å². The molecule has 1 aromatic carbocycles. The molecule has 0 fully saturated rings. The molecular weight excluding hydrogens is 266 g/mol. The number of non-ortho nitro benzene ring substituents is 1. The van der Waals surface area contributed by atoms with Crippen molar-refractivity contribution in [2.75, 3.05) is 13.2 Å². The maximum Gasteiger partial charge on any atom is 0.333 e. The average molecular weight is 281 g/mol. The fourth-order valence-electron chi connectivity index (χ4n) is 1.20. The number of carbonyl (C=O) groups is 1. The van der Waals surface area contributed by atoms with Gasteiger partial charge < -0.3 is 14.6 Å². The second-order valence-corrected chi connectivity index (χ2v) is 4.09. The van der Waals surface area contributed by atoms with E-state index in [0.717, 1.165) is 0 Å². The van der Waals surface area contributed by atoms with Crippen LogP contribution < -0.4 is 4.74 Å². The Morgan fingerprint density at radius 2 is 2.00 bits per heavy atom. The lowest BCUT2D eigenvalue weighted by atomic mass is 10.3. The van der Waals surface area contributed by atoms with Crippen molar-refractivity contribution in [3.05, 3.63) is 46.5 Å². The van der Waals surface area contributed by atoms with Crippen LogP contribution in [0.5, 0.6) is 5.75 Å². The molecule has 0 aromatic heterocycles. The van der Waals surface area contributed by atoms with E-state index in [9.17, 15) is 20.0 Å². The highest BCUT2D eigenvalue weighted by Crippen LogP contribution is 2.17. The molecule has 7 heteroatoms. The molecule has 0 bridgehead atoms. The van der Waals surface area contributed by atoms with E-state index < -0.39 is 17.0 Å². The Hall–Kier alpha value is -2.41. The number of benzene rings is 1. The van der Waals surface area contributed by atoms with Crippen molar-refractivity contribution in [1.29, 1.82) is 0 Å². The van der Waals surface area contributed by atoms with E-state index in [-0.39, 0.29) is 24.5 Å². The molecule has 0 spiro atoms. The van der Waals surface area contributed by atoms with E-state index in [2.05, 4.69) is 6.58 Å². The van der Waals surface area contributed by atoms with Gasteiger partial charge in [-0.1, -0.05) is 6.58 Å². The zero-order chi connectivity index (χ0) is 15.1. The number of ether oxygens (including phenoxy) is 2. The number of nitro groups is 1. The number of nitrogens with zero attached hydrogens (tertiary/aromatic N) is 1. The Bertz CT molecular complexity index is 496. The van der Waals surface area contributed by atoms with Gasteiger partial charge in [0, 0.05) is 17.7 Å². The second-order valence-electron chi connectivity index (χ2n) is 4.09. The van der Waals surface area contributed by atoms with Crippen LogP contribution in [0.25, 0.3) is 0 Å². The van der Waals surface area contributed by atoms with Gasteiger partial charge in [0.1, 0.15) is 25.1 Å². The molecule has 0 saturated carbocycles. The third kappa shape index (κ3) is 5.07. The number of esters is 1. The van der Waals surface area contributed by atoms with Gasteiger partial charge in [-0.15, -0.1) is 0 Å². The normalized spacial score (nSPS) is 11.5. The van der Waals surface area contributed by atoms with Crippen LogP contribution in [0, 0.1) is 10.1 Å². The summed E-state index contributed by atoms with van der Waals surface area (Å²) >= 11 is 0. The van der Waals surface area contributed by atoms with Crippen molar-refractivity contribution in [1.82, 2.24) is 0 Å². The van der Waals surface area contributed by atoms with Gasteiger partial charge in [-0.3, -0.25) is 10.1 Å². The van der Waals surface area contributed by atoms with Crippen LogP contribution in [0.3, 0.4) is 0 Å². The van der Waals surface area contributed by atoms with Crippen LogP contribution in [-0.2, 0) is 9.53 Å². The number of hydrogen-bond acceptors (Lipinski definition) is 6. The van der Waals surface area contributed by atoms with Crippen molar-refractivity contribution < 1.29 is 24.3 Å². The molecule has 1 rings (SSSR count). The van der Waals surface area contributed by atoms with Crippen LogP contribution in [-0.4, -0.2) is 35.3 Å². The maximum atomic E-state index is 11.1. The Balaban J connectivity index is 2.37. The third-order valence-electron chi connectivity index (χ3n) is 2.25. The molecular formula is C13H15NO6. The summed E-state index contributed by atoms with van der Waals surface area (Å²) in [5.74, 6) is -0.208. The predicted octanol–water partition coefficient (Wildman–Crippen LogP) is 1.45. The van der Waals surface area contributed by atoms with Crippen LogP contribution >= 0.6 is 0 Å². The Morgan fingerprint density at radius 1 is 1.40 bits per heavy atom. The van der Waals surface area contributed by atoms with E-state index in [1.54, 1.807) is 0 Å². The van der Waals surface area contributed by atoms with Crippen molar-refractivity contribution in [3.8, 4) is 5.75 Å². The van der Waals surface area contributed by atoms with Gasteiger partial charge in [-0.25, -0.2) is 4.79 Å². The molecule has 20 heavy (non-hydrogen) atoms. The van der Waals surface area contributed by atoms with Gasteiger partial charge in [-0.05, 0) is 19.1 Å². The Labute approximate surface area is 115 Å². The number of aliphatic hydroxyl groups is 1. The highest BCUT2D eigenvalue weighted by molar-refractivity contribution is 5.86. The molecule has 1 aromatic rings. The standard InChI is InChI=1S/C13H15NO6/c1-9(2)13(16)20-8-11(15)7-19-12-5-3-10(4-6-12)14(17)18/h3-6,11,15H,1,7-8H2,2H3. The highest BCUT2D eigenvalue weighted by Gasteiger charge is 2.11. The lowest BCUT2D eigenvalue weighted by Gasteiger charge is -2.12. The average Bonchev–Trinajstić information content (AvgIpc) is 2.42. The second kappa shape index (κ2) is 7.25. The van der Waals surface area contributed by atoms with Crippen molar-refractivity contribution in [2.45, 2.75) is 13.0 Å². The molecule has 0 aliphatic carbocycles. The first-order chi connectivity index (χ1) is 9.40. The first-order valence-electron chi connectivity index (χ1n) is 5.78. The largest absolute Gasteiger partial charge is 0.491 e. The van der Waals surface area contributed by atoms with E-state index in [4.69, 9.17) is 9.47 Å². The molecule has 7 nitrogen and oxygen atoms in total. The van der Waals surface area contributed by atoms with E-state index in [1.807, 2.05) is 0 Å². The van der Waals surface area contributed by atoms with Gasteiger partial charge in [0.25, 0.3) is 5.69 Å². The van der Waals surface area contributed by atoms with Crippen LogP contribution in [0.2, 0.25) is 0 Å². The summed E-state index contributed by atoms with van der Waals surface area (Å²) in [7, 11) is 0. The molecule has 1 N–H and O–H groups in total. The molecule has 0 aliphatic rings. The van der Waals surface area contributed by atoms with Crippen LogP contribution in [0.4, 0.5) is 5.69 Å². The van der Waals surface area contributed by atoms with Crippen LogP contribution in [0.15, 0.2) is 36.4 Å². The summed E-state index contributed by atoms with van der Waals surface area (Å²) in [5.41, 5.74) is 0.196. The SMILES string of the molecule is C=C(C)C(=O)OCC(O)COc1ccc([N+](=O)[O-])cc1. The molecule has 108 valence electrons. The summed E-state index contributed by atoms with van der Waals surface area (Å²) < 4.78 is 9.96. The fourth-order valence-corrected chi connectivity index (χ4v) is 1.20. The first-order valence-corrected chi connectivity index (χ1v) is 5.78. The van der Waals surface area contributed by atoms with E-state index >= 15 is 0 Å². The molecule has 0 heterocycles. The predicted molar refractivity (Wildman–Crippen MR) is 70.4 cm³/mol. The summed E-state index contributed by atoms with van der Waals surface area (Å²) in [6.45, 7) is 4.60. The minimum atomic E-state index is -0.992. The summed E-state index contributed by atoms with van der Waals surface area (Å²) in [4.78, 5) is 21.0. The number of nitro benzene ring substituents is 1. The number of rotatable bonds is 7. The lowest BCUT2D eigenvalue weighted by Crippen LogP contribution is -2.25. The van der Waals surface area contributed by atoms with Crippen molar-refractivity contribution in [3.63, 3.8) is 0 Å². The zero-order valence-corrected chi connectivity index (χ0v) is 10.9. The van der Waals surface area contributed by atoms with E-state index in [1.165, 1.54) is 31.2 Å². The van der Waals surface area contributed by atoms with Crippen LogP contribution in [0.1, 0.15) is 6.92 Å².